The van der Waals surface area contributed by atoms with Gasteiger partial charge in [0.25, 0.3) is 0 Å². The summed E-state index contributed by atoms with van der Waals surface area (Å²) in [6, 6.07) is 15.1. The van der Waals surface area contributed by atoms with Crippen LogP contribution in [0.3, 0.4) is 0 Å². The van der Waals surface area contributed by atoms with Crippen LogP contribution in [0.4, 0.5) is 0 Å². The number of methoxy groups -OCH3 is 1. The molecule has 3 aromatic rings. The standard InChI is InChI=1S/C16H14N2O2/c1-20-15-9-5-2-6-12(15)10-16(19)18-11-17-13-7-3-4-8-14(13)18/h2-9,11H,10H2,1H3. The fourth-order valence-electron chi connectivity index (χ4n) is 2.26. The lowest BCUT2D eigenvalue weighted by molar-refractivity contribution is 0.0918. The number of hydrogen-bond acceptors (Lipinski definition) is 3. The van der Waals surface area contributed by atoms with Crippen LogP contribution in [0.25, 0.3) is 11.0 Å². The van der Waals surface area contributed by atoms with Crippen molar-refractivity contribution in [3.63, 3.8) is 0 Å². The van der Waals surface area contributed by atoms with E-state index < -0.39 is 0 Å². The summed E-state index contributed by atoms with van der Waals surface area (Å²) in [6.07, 6.45) is 1.85. The van der Waals surface area contributed by atoms with Gasteiger partial charge < -0.3 is 4.74 Å². The Hall–Kier alpha value is -2.62. The quantitative estimate of drug-likeness (QED) is 0.732. The largest absolute Gasteiger partial charge is 0.496 e. The molecule has 2 aromatic carbocycles. The van der Waals surface area contributed by atoms with E-state index in [0.717, 1.165) is 22.3 Å². The molecule has 100 valence electrons. The average Bonchev–Trinajstić information content (AvgIpc) is 2.92. The fourth-order valence-corrected chi connectivity index (χ4v) is 2.26. The molecule has 0 saturated carbocycles. The van der Waals surface area contributed by atoms with Gasteiger partial charge in [0.2, 0.25) is 5.91 Å². The number of fused-ring (bicyclic) bond motifs is 1. The summed E-state index contributed by atoms with van der Waals surface area (Å²) in [5, 5.41) is 0. The number of aromatic nitrogens is 2. The highest BCUT2D eigenvalue weighted by Gasteiger charge is 2.12. The highest BCUT2D eigenvalue weighted by Crippen LogP contribution is 2.19. The molecule has 1 aromatic heterocycles. The van der Waals surface area contributed by atoms with E-state index in [4.69, 9.17) is 4.74 Å². The number of nitrogens with zero attached hydrogens (tertiary/aromatic N) is 2. The van der Waals surface area contributed by atoms with Crippen molar-refractivity contribution < 1.29 is 9.53 Å². The first-order valence-electron chi connectivity index (χ1n) is 6.37. The molecule has 0 saturated heterocycles. The van der Waals surface area contributed by atoms with E-state index in [1.54, 1.807) is 18.0 Å². The maximum absolute atomic E-state index is 12.4. The fraction of sp³-hybridized carbons (Fsp3) is 0.125. The molecule has 3 rings (SSSR count). The number of hydrogen-bond donors (Lipinski definition) is 0. The van der Waals surface area contributed by atoms with E-state index in [1.165, 1.54) is 0 Å². The molecule has 0 aliphatic rings. The molecule has 0 spiro atoms. The van der Waals surface area contributed by atoms with Crippen LogP contribution in [0.2, 0.25) is 0 Å². The first-order chi connectivity index (χ1) is 9.79. The van der Waals surface area contributed by atoms with Gasteiger partial charge in [-0.2, -0.15) is 0 Å². The number of benzene rings is 2. The monoisotopic (exact) mass is 266 g/mol. The number of carbonyl (C=O) groups is 1. The van der Waals surface area contributed by atoms with Crippen molar-refractivity contribution in [3.05, 3.63) is 60.4 Å². The zero-order valence-electron chi connectivity index (χ0n) is 11.1. The summed E-state index contributed by atoms with van der Waals surface area (Å²) in [6.45, 7) is 0. The number of para-hydroxylation sites is 3. The van der Waals surface area contributed by atoms with E-state index in [2.05, 4.69) is 4.98 Å². The number of ether oxygens (including phenoxy) is 1. The Morgan fingerprint density at radius 1 is 1.15 bits per heavy atom. The highest BCUT2D eigenvalue weighted by molar-refractivity contribution is 5.91. The van der Waals surface area contributed by atoms with Crippen molar-refractivity contribution >= 4 is 16.9 Å². The highest BCUT2D eigenvalue weighted by atomic mass is 16.5. The van der Waals surface area contributed by atoms with Crippen LogP contribution >= 0.6 is 0 Å². The van der Waals surface area contributed by atoms with E-state index in [0.29, 0.717) is 0 Å². The van der Waals surface area contributed by atoms with Crippen molar-refractivity contribution in [3.8, 4) is 5.75 Å². The number of carbonyl (C=O) groups excluding carboxylic acids is 1. The van der Waals surface area contributed by atoms with Gasteiger partial charge in [-0.15, -0.1) is 0 Å². The Morgan fingerprint density at radius 2 is 1.90 bits per heavy atom. The van der Waals surface area contributed by atoms with Crippen molar-refractivity contribution in [2.45, 2.75) is 6.42 Å². The normalized spacial score (nSPS) is 10.7. The Balaban J connectivity index is 1.93. The molecule has 0 bridgehead atoms. The molecule has 0 N–H and O–H groups in total. The Morgan fingerprint density at radius 3 is 2.75 bits per heavy atom. The van der Waals surface area contributed by atoms with Gasteiger partial charge in [0.05, 0.1) is 24.6 Å². The van der Waals surface area contributed by atoms with Crippen LogP contribution in [0.1, 0.15) is 10.4 Å². The molecule has 0 unspecified atom stereocenters. The molecule has 0 fully saturated rings. The molecule has 0 radical (unpaired) electrons. The molecule has 4 nitrogen and oxygen atoms in total. The van der Waals surface area contributed by atoms with Crippen LogP contribution < -0.4 is 4.74 Å². The van der Waals surface area contributed by atoms with Crippen LogP contribution in [-0.4, -0.2) is 22.6 Å². The van der Waals surface area contributed by atoms with Gasteiger partial charge in [0.1, 0.15) is 12.1 Å². The molecule has 0 aliphatic carbocycles. The predicted molar refractivity (Wildman–Crippen MR) is 77.1 cm³/mol. The van der Waals surface area contributed by atoms with E-state index >= 15 is 0 Å². The van der Waals surface area contributed by atoms with Gasteiger partial charge in [-0.3, -0.25) is 9.36 Å². The predicted octanol–water partition coefficient (Wildman–Crippen LogP) is 2.93. The van der Waals surface area contributed by atoms with Gasteiger partial charge in [0, 0.05) is 5.56 Å². The van der Waals surface area contributed by atoms with Crippen molar-refractivity contribution in [1.82, 2.24) is 9.55 Å². The maximum Gasteiger partial charge on any atom is 0.236 e. The lowest BCUT2D eigenvalue weighted by atomic mass is 10.1. The zero-order chi connectivity index (χ0) is 13.9. The second-order valence-corrected chi connectivity index (χ2v) is 4.49. The number of rotatable bonds is 3. The summed E-state index contributed by atoms with van der Waals surface area (Å²) in [7, 11) is 1.61. The Labute approximate surface area is 116 Å². The molecule has 0 atom stereocenters. The summed E-state index contributed by atoms with van der Waals surface area (Å²) in [4.78, 5) is 16.7. The molecule has 0 amide bonds. The second-order valence-electron chi connectivity index (χ2n) is 4.49. The Bertz CT molecular complexity index is 762. The molecule has 0 aliphatic heterocycles. The minimum absolute atomic E-state index is 0.0248. The third-order valence-electron chi connectivity index (χ3n) is 3.26. The minimum Gasteiger partial charge on any atom is -0.496 e. The Kier molecular flexibility index (Phi) is 3.21. The van der Waals surface area contributed by atoms with Crippen molar-refractivity contribution in [2.75, 3.05) is 7.11 Å². The van der Waals surface area contributed by atoms with E-state index in [9.17, 15) is 4.79 Å². The topological polar surface area (TPSA) is 44.1 Å². The van der Waals surface area contributed by atoms with Crippen molar-refractivity contribution in [2.24, 2.45) is 0 Å². The van der Waals surface area contributed by atoms with Crippen LogP contribution in [0.5, 0.6) is 5.75 Å². The second kappa shape index (κ2) is 5.17. The lowest BCUT2D eigenvalue weighted by Crippen LogP contribution is -2.12. The van der Waals surface area contributed by atoms with Gasteiger partial charge in [0.15, 0.2) is 0 Å². The third kappa shape index (κ3) is 2.16. The third-order valence-corrected chi connectivity index (χ3v) is 3.26. The SMILES string of the molecule is COc1ccccc1CC(=O)n1cnc2ccccc21. The smallest absolute Gasteiger partial charge is 0.236 e. The summed E-state index contributed by atoms with van der Waals surface area (Å²) >= 11 is 0. The van der Waals surface area contributed by atoms with Crippen molar-refractivity contribution in [1.29, 1.82) is 0 Å². The number of imidazole rings is 1. The summed E-state index contributed by atoms with van der Waals surface area (Å²) in [5.74, 6) is 0.702. The summed E-state index contributed by atoms with van der Waals surface area (Å²) in [5.41, 5.74) is 2.52. The van der Waals surface area contributed by atoms with Gasteiger partial charge in [-0.1, -0.05) is 30.3 Å². The van der Waals surface area contributed by atoms with Crippen LogP contribution in [-0.2, 0) is 6.42 Å². The first kappa shape index (κ1) is 12.4. The van der Waals surface area contributed by atoms with Gasteiger partial charge in [-0.05, 0) is 18.2 Å². The molecule has 20 heavy (non-hydrogen) atoms. The molecule has 4 heteroatoms. The average molecular weight is 266 g/mol. The molecular formula is C16H14N2O2. The van der Waals surface area contributed by atoms with E-state index in [-0.39, 0.29) is 12.3 Å². The van der Waals surface area contributed by atoms with Crippen LogP contribution in [0, 0.1) is 0 Å². The maximum atomic E-state index is 12.4. The van der Waals surface area contributed by atoms with E-state index in [1.807, 2.05) is 48.5 Å². The minimum atomic E-state index is -0.0248. The van der Waals surface area contributed by atoms with Gasteiger partial charge in [-0.25, -0.2) is 4.98 Å². The zero-order valence-corrected chi connectivity index (χ0v) is 11.1. The van der Waals surface area contributed by atoms with Crippen LogP contribution in [0.15, 0.2) is 54.9 Å². The summed E-state index contributed by atoms with van der Waals surface area (Å²) < 4.78 is 6.86. The lowest BCUT2D eigenvalue weighted by Gasteiger charge is -2.08. The molecule has 1 heterocycles. The molecular weight excluding hydrogens is 252 g/mol. The first-order valence-corrected chi connectivity index (χ1v) is 6.37. The van der Waals surface area contributed by atoms with Gasteiger partial charge >= 0.3 is 0 Å².